The third kappa shape index (κ3) is 10.6. The minimum atomic E-state index is -1.10. The number of thioether (sulfide) groups is 1. The van der Waals surface area contributed by atoms with E-state index in [-0.39, 0.29) is 5.92 Å². The van der Waals surface area contributed by atoms with Crippen LogP contribution in [0.25, 0.3) is 0 Å². The topological polar surface area (TPSA) is 148 Å². The van der Waals surface area contributed by atoms with E-state index in [0.717, 1.165) is 0 Å². The van der Waals surface area contributed by atoms with Crippen molar-refractivity contribution in [3.63, 3.8) is 0 Å². The highest BCUT2D eigenvalue weighted by Gasteiger charge is 2.27. The van der Waals surface area contributed by atoms with Crippen molar-refractivity contribution < 1.29 is 19.5 Å². The van der Waals surface area contributed by atoms with E-state index in [9.17, 15) is 19.5 Å². The molecule has 0 aromatic heterocycles. The smallest absolute Gasteiger partial charge is 0.326 e. The number of rotatable bonds is 14. The number of carbonyl (C=O) groups excluding carboxylic acids is 2. The Hall–Kier alpha value is -1.32. The molecule has 7 N–H and O–H groups in total. The third-order valence-electron chi connectivity index (χ3n) is 3.87. The second-order valence-corrected chi connectivity index (χ2v) is 7.75. The number of carbonyl (C=O) groups is 3. The summed E-state index contributed by atoms with van der Waals surface area (Å²) in [5.41, 5.74) is 11.3. The Morgan fingerprint density at radius 2 is 1.65 bits per heavy atom. The number of carboxylic acids is 1. The van der Waals surface area contributed by atoms with Gasteiger partial charge in [0.1, 0.15) is 12.1 Å². The Balaban J connectivity index is 4.88. The van der Waals surface area contributed by atoms with Crippen molar-refractivity contribution in [3.8, 4) is 0 Å². The summed E-state index contributed by atoms with van der Waals surface area (Å²) in [6.45, 7) is 4.40. The number of hydrogen-bond donors (Lipinski definition) is 5. The molecule has 2 amide bonds. The molecule has 0 aliphatic carbocycles. The highest BCUT2D eigenvalue weighted by Crippen LogP contribution is 2.07. The van der Waals surface area contributed by atoms with Crippen molar-refractivity contribution in [1.29, 1.82) is 0 Å². The maximum absolute atomic E-state index is 12.5. The minimum Gasteiger partial charge on any atom is -0.480 e. The molecule has 0 saturated heterocycles. The summed E-state index contributed by atoms with van der Waals surface area (Å²) in [7, 11) is 0. The number of unbranched alkanes of at least 4 members (excludes halogenated alkanes) is 1. The zero-order valence-electron chi connectivity index (χ0n) is 16.0. The molecule has 0 radical (unpaired) electrons. The normalized spacial score (nSPS) is 14.5. The SMILES string of the molecule is CSCCC(NC(=O)C(N)CC(C)C)C(=O)NC(CCCCN)C(=O)O. The van der Waals surface area contributed by atoms with Crippen molar-refractivity contribution in [2.75, 3.05) is 18.6 Å². The van der Waals surface area contributed by atoms with Crippen molar-refractivity contribution in [3.05, 3.63) is 0 Å². The molecule has 9 heteroatoms. The number of nitrogens with one attached hydrogen (secondary N) is 2. The maximum Gasteiger partial charge on any atom is 0.326 e. The van der Waals surface area contributed by atoms with Gasteiger partial charge < -0.3 is 27.2 Å². The minimum absolute atomic E-state index is 0.258. The highest BCUT2D eigenvalue weighted by atomic mass is 32.2. The van der Waals surface area contributed by atoms with Gasteiger partial charge in [-0.2, -0.15) is 11.8 Å². The van der Waals surface area contributed by atoms with Crippen LogP contribution in [0, 0.1) is 5.92 Å². The first kappa shape index (κ1) is 24.7. The second-order valence-electron chi connectivity index (χ2n) is 6.76. The van der Waals surface area contributed by atoms with Gasteiger partial charge >= 0.3 is 5.97 Å². The molecule has 0 aliphatic heterocycles. The third-order valence-corrected chi connectivity index (χ3v) is 4.51. The monoisotopic (exact) mass is 390 g/mol. The van der Waals surface area contributed by atoms with Gasteiger partial charge in [-0.05, 0) is 56.6 Å². The van der Waals surface area contributed by atoms with Crippen LogP contribution in [-0.2, 0) is 14.4 Å². The first-order valence-corrected chi connectivity index (χ1v) is 10.4. The quantitative estimate of drug-likeness (QED) is 0.268. The lowest BCUT2D eigenvalue weighted by Crippen LogP contribution is -2.54. The number of amides is 2. The van der Waals surface area contributed by atoms with Crippen molar-refractivity contribution in [1.82, 2.24) is 10.6 Å². The van der Waals surface area contributed by atoms with Crippen LogP contribution in [0.15, 0.2) is 0 Å². The van der Waals surface area contributed by atoms with Crippen LogP contribution in [0.1, 0.15) is 46.0 Å². The average Bonchev–Trinajstić information content (AvgIpc) is 2.56. The van der Waals surface area contributed by atoms with Gasteiger partial charge in [0, 0.05) is 0 Å². The van der Waals surface area contributed by atoms with E-state index in [0.29, 0.717) is 44.4 Å². The number of carboxylic acid groups (broad SMARTS) is 1. The van der Waals surface area contributed by atoms with Gasteiger partial charge in [0.2, 0.25) is 11.8 Å². The molecule has 0 bridgehead atoms. The van der Waals surface area contributed by atoms with Gasteiger partial charge in [0.15, 0.2) is 0 Å². The van der Waals surface area contributed by atoms with Crippen LogP contribution in [0.4, 0.5) is 0 Å². The van der Waals surface area contributed by atoms with E-state index in [1.54, 1.807) is 11.8 Å². The van der Waals surface area contributed by atoms with Gasteiger partial charge in [-0.25, -0.2) is 4.79 Å². The molecule has 3 unspecified atom stereocenters. The summed E-state index contributed by atoms with van der Waals surface area (Å²) < 4.78 is 0. The molecule has 0 aromatic rings. The van der Waals surface area contributed by atoms with E-state index in [4.69, 9.17) is 11.5 Å². The molecule has 0 rings (SSSR count). The van der Waals surface area contributed by atoms with Gasteiger partial charge in [-0.15, -0.1) is 0 Å². The summed E-state index contributed by atoms with van der Waals surface area (Å²) in [5, 5.41) is 14.5. The lowest BCUT2D eigenvalue weighted by atomic mass is 10.0. The molecule has 0 fully saturated rings. The second kappa shape index (κ2) is 13.8. The van der Waals surface area contributed by atoms with E-state index in [1.165, 1.54) is 0 Å². The first-order chi connectivity index (χ1) is 12.2. The number of aliphatic carboxylic acids is 1. The number of hydrogen-bond acceptors (Lipinski definition) is 6. The van der Waals surface area contributed by atoms with Gasteiger partial charge in [-0.3, -0.25) is 9.59 Å². The molecule has 3 atom stereocenters. The molecular weight excluding hydrogens is 356 g/mol. The number of nitrogens with two attached hydrogens (primary N) is 2. The Labute approximate surface area is 160 Å². The molecular formula is C17H34N4O4S. The molecule has 0 aromatic carbocycles. The Morgan fingerprint density at radius 3 is 2.15 bits per heavy atom. The maximum atomic E-state index is 12.5. The summed E-state index contributed by atoms with van der Waals surface area (Å²) in [6.07, 6.45) is 4.41. The van der Waals surface area contributed by atoms with E-state index in [1.807, 2.05) is 20.1 Å². The Morgan fingerprint density at radius 1 is 1.04 bits per heavy atom. The Kier molecular flexibility index (Phi) is 13.1. The fraction of sp³-hybridized carbons (Fsp3) is 0.824. The first-order valence-electron chi connectivity index (χ1n) is 9.01. The van der Waals surface area contributed by atoms with Gasteiger partial charge in [0.25, 0.3) is 0 Å². The molecule has 0 spiro atoms. The molecule has 0 heterocycles. The van der Waals surface area contributed by atoms with Crippen LogP contribution in [0.5, 0.6) is 0 Å². The zero-order chi connectivity index (χ0) is 20.1. The van der Waals surface area contributed by atoms with Crippen LogP contribution < -0.4 is 22.1 Å². The fourth-order valence-electron chi connectivity index (χ4n) is 2.42. The fourth-order valence-corrected chi connectivity index (χ4v) is 2.89. The van der Waals surface area contributed by atoms with Crippen LogP contribution in [0.2, 0.25) is 0 Å². The predicted molar refractivity (Wildman–Crippen MR) is 105 cm³/mol. The summed E-state index contributed by atoms with van der Waals surface area (Å²) >= 11 is 1.54. The lowest BCUT2D eigenvalue weighted by Gasteiger charge is -2.23. The van der Waals surface area contributed by atoms with E-state index >= 15 is 0 Å². The average molecular weight is 391 g/mol. The van der Waals surface area contributed by atoms with Crippen molar-refractivity contribution in [2.45, 2.75) is 64.1 Å². The zero-order valence-corrected chi connectivity index (χ0v) is 16.8. The summed E-state index contributed by atoms with van der Waals surface area (Å²) in [5.74, 6) is -1.07. The predicted octanol–water partition coefficient (Wildman–Crippen LogP) is 0.296. The molecule has 152 valence electrons. The summed E-state index contributed by atoms with van der Waals surface area (Å²) in [4.78, 5) is 36.1. The van der Waals surface area contributed by atoms with Gasteiger partial charge in [-0.1, -0.05) is 13.8 Å². The molecule has 8 nitrogen and oxygen atoms in total. The highest BCUT2D eigenvalue weighted by molar-refractivity contribution is 7.98. The Bertz CT molecular complexity index is 448. The summed E-state index contributed by atoms with van der Waals surface area (Å²) in [6, 6.07) is -2.49. The van der Waals surface area contributed by atoms with E-state index < -0.39 is 35.9 Å². The largest absolute Gasteiger partial charge is 0.480 e. The van der Waals surface area contributed by atoms with Crippen molar-refractivity contribution in [2.24, 2.45) is 17.4 Å². The standard InChI is InChI=1S/C17H34N4O4S/c1-11(2)10-12(19)15(22)20-13(7-9-26-3)16(23)21-14(17(24)25)6-4-5-8-18/h11-14H,4-10,18-19H2,1-3H3,(H,20,22)(H,21,23)(H,24,25). The van der Waals surface area contributed by atoms with Crippen molar-refractivity contribution >= 4 is 29.5 Å². The van der Waals surface area contributed by atoms with Gasteiger partial charge in [0.05, 0.1) is 6.04 Å². The molecule has 26 heavy (non-hydrogen) atoms. The lowest BCUT2D eigenvalue weighted by molar-refractivity contribution is -0.142. The van der Waals surface area contributed by atoms with Crippen LogP contribution >= 0.6 is 11.8 Å². The van der Waals surface area contributed by atoms with Crippen LogP contribution in [0.3, 0.4) is 0 Å². The molecule has 0 aliphatic rings. The van der Waals surface area contributed by atoms with Crippen LogP contribution in [-0.4, -0.2) is 59.6 Å². The van der Waals surface area contributed by atoms with E-state index in [2.05, 4.69) is 10.6 Å². The molecule has 0 saturated carbocycles.